The summed E-state index contributed by atoms with van der Waals surface area (Å²) >= 11 is 0. The molecule has 1 nitrogen and oxygen atoms in total. The lowest BCUT2D eigenvalue weighted by Gasteiger charge is -2.33. The van der Waals surface area contributed by atoms with E-state index in [0.29, 0.717) is 6.42 Å². The van der Waals surface area contributed by atoms with E-state index in [-0.39, 0.29) is 5.41 Å². The second kappa shape index (κ2) is 7.15. The Balaban J connectivity index is 0.000000225. The lowest BCUT2D eigenvalue weighted by Crippen LogP contribution is -2.20. The molecule has 0 aromatic heterocycles. The van der Waals surface area contributed by atoms with Crippen LogP contribution in [0, 0.1) is 5.41 Å². The van der Waals surface area contributed by atoms with E-state index >= 15 is 0 Å². The minimum atomic E-state index is 0.267. The smallest absolute Gasteiger partial charge is 0.124 e. The summed E-state index contributed by atoms with van der Waals surface area (Å²) in [6.45, 7) is 6.66. The van der Waals surface area contributed by atoms with Crippen molar-refractivity contribution in [2.24, 2.45) is 5.41 Å². The standard InChI is InChI=1S/C11H18O.C6H6/c1-9-5-4-7-11(2,3)10(9)6-8-12;1-2-4-6-5-3-1/h8H,4-7H2,1-3H3;1-6H. The van der Waals surface area contributed by atoms with Crippen LogP contribution < -0.4 is 0 Å². The number of aldehydes is 1. The number of hydrogen-bond acceptors (Lipinski definition) is 1. The molecule has 1 aliphatic carbocycles. The summed E-state index contributed by atoms with van der Waals surface area (Å²) in [7, 11) is 0. The van der Waals surface area contributed by atoms with Crippen LogP contribution in [0.25, 0.3) is 0 Å². The van der Waals surface area contributed by atoms with Crippen LogP contribution in [0.4, 0.5) is 0 Å². The van der Waals surface area contributed by atoms with Gasteiger partial charge in [0.2, 0.25) is 0 Å². The third kappa shape index (κ3) is 4.48. The van der Waals surface area contributed by atoms with Gasteiger partial charge in [0.15, 0.2) is 0 Å². The monoisotopic (exact) mass is 244 g/mol. The van der Waals surface area contributed by atoms with Crippen LogP contribution in [0.5, 0.6) is 0 Å². The van der Waals surface area contributed by atoms with Crippen molar-refractivity contribution >= 4 is 6.29 Å². The van der Waals surface area contributed by atoms with Crippen molar-refractivity contribution in [2.75, 3.05) is 0 Å². The molecule has 18 heavy (non-hydrogen) atoms. The van der Waals surface area contributed by atoms with Gasteiger partial charge in [0, 0.05) is 6.42 Å². The van der Waals surface area contributed by atoms with E-state index < -0.39 is 0 Å². The molecule has 0 radical (unpaired) electrons. The van der Waals surface area contributed by atoms with Crippen molar-refractivity contribution in [3.63, 3.8) is 0 Å². The van der Waals surface area contributed by atoms with Crippen molar-refractivity contribution in [1.82, 2.24) is 0 Å². The van der Waals surface area contributed by atoms with Gasteiger partial charge in [-0.25, -0.2) is 0 Å². The van der Waals surface area contributed by atoms with Crippen molar-refractivity contribution in [1.29, 1.82) is 0 Å². The summed E-state index contributed by atoms with van der Waals surface area (Å²) < 4.78 is 0. The van der Waals surface area contributed by atoms with E-state index in [1.165, 1.54) is 30.4 Å². The number of benzene rings is 1. The van der Waals surface area contributed by atoms with Gasteiger partial charge in [-0.15, -0.1) is 0 Å². The molecule has 0 saturated heterocycles. The zero-order valence-electron chi connectivity index (χ0n) is 11.8. The van der Waals surface area contributed by atoms with Gasteiger partial charge >= 0.3 is 0 Å². The third-order valence-electron chi connectivity index (χ3n) is 3.64. The van der Waals surface area contributed by atoms with Crippen molar-refractivity contribution < 1.29 is 4.79 Å². The molecule has 1 aliphatic rings. The van der Waals surface area contributed by atoms with Crippen LogP contribution in [0.3, 0.4) is 0 Å². The molecule has 1 aromatic rings. The molecule has 0 amide bonds. The number of carbonyl (C=O) groups excluding carboxylic acids is 1. The van der Waals surface area contributed by atoms with Gasteiger partial charge in [-0.05, 0) is 31.6 Å². The van der Waals surface area contributed by atoms with Crippen molar-refractivity contribution in [3.05, 3.63) is 47.5 Å². The summed E-state index contributed by atoms with van der Waals surface area (Å²) in [5.41, 5.74) is 3.09. The molecule has 2 rings (SSSR count). The highest BCUT2D eigenvalue weighted by Crippen LogP contribution is 2.41. The lowest BCUT2D eigenvalue weighted by molar-refractivity contribution is -0.107. The first-order valence-corrected chi connectivity index (χ1v) is 6.70. The Labute approximate surface area is 111 Å². The average molecular weight is 244 g/mol. The Hall–Kier alpha value is -1.37. The molecule has 0 fully saturated rings. The maximum absolute atomic E-state index is 10.5. The maximum Gasteiger partial charge on any atom is 0.124 e. The van der Waals surface area contributed by atoms with E-state index in [4.69, 9.17) is 0 Å². The van der Waals surface area contributed by atoms with E-state index in [2.05, 4.69) is 20.8 Å². The topological polar surface area (TPSA) is 17.1 Å². The highest BCUT2D eigenvalue weighted by atomic mass is 16.1. The predicted octanol–water partition coefficient (Wildman–Crippen LogP) is 4.79. The Kier molecular flexibility index (Phi) is 5.84. The second-order valence-corrected chi connectivity index (χ2v) is 5.52. The van der Waals surface area contributed by atoms with E-state index in [1.54, 1.807) is 0 Å². The minimum absolute atomic E-state index is 0.267. The Morgan fingerprint density at radius 3 is 2.00 bits per heavy atom. The van der Waals surface area contributed by atoms with E-state index in [1.807, 2.05) is 36.4 Å². The molecule has 98 valence electrons. The molecular formula is C17H24O. The zero-order valence-corrected chi connectivity index (χ0v) is 11.8. The van der Waals surface area contributed by atoms with Gasteiger partial charge in [-0.1, -0.05) is 61.4 Å². The number of rotatable bonds is 2. The summed E-state index contributed by atoms with van der Waals surface area (Å²) in [5, 5.41) is 0. The fourth-order valence-electron chi connectivity index (χ4n) is 2.59. The molecule has 0 spiro atoms. The van der Waals surface area contributed by atoms with E-state index in [0.717, 1.165) is 6.29 Å². The van der Waals surface area contributed by atoms with Gasteiger partial charge in [-0.3, -0.25) is 0 Å². The highest BCUT2D eigenvalue weighted by Gasteiger charge is 2.27. The summed E-state index contributed by atoms with van der Waals surface area (Å²) in [4.78, 5) is 10.5. The summed E-state index contributed by atoms with van der Waals surface area (Å²) in [6, 6.07) is 12.0. The van der Waals surface area contributed by atoms with Crippen LogP contribution in [-0.4, -0.2) is 6.29 Å². The maximum atomic E-state index is 10.5. The molecule has 0 heterocycles. The van der Waals surface area contributed by atoms with Crippen LogP contribution in [-0.2, 0) is 4.79 Å². The van der Waals surface area contributed by atoms with Crippen LogP contribution in [0.15, 0.2) is 47.5 Å². The Bertz CT molecular complexity index is 361. The molecule has 0 aliphatic heterocycles. The predicted molar refractivity (Wildman–Crippen MR) is 77.5 cm³/mol. The molecule has 0 unspecified atom stereocenters. The molecule has 0 N–H and O–H groups in total. The highest BCUT2D eigenvalue weighted by molar-refractivity contribution is 5.56. The Morgan fingerprint density at radius 2 is 1.61 bits per heavy atom. The molecule has 1 aromatic carbocycles. The van der Waals surface area contributed by atoms with Crippen LogP contribution in [0.1, 0.15) is 46.5 Å². The second-order valence-electron chi connectivity index (χ2n) is 5.52. The SMILES string of the molecule is CC1=C(CC=O)C(C)(C)CCC1.c1ccccc1. The lowest BCUT2D eigenvalue weighted by atomic mass is 9.72. The fraction of sp³-hybridized carbons (Fsp3) is 0.471. The largest absolute Gasteiger partial charge is 0.303 e. The number of allylic oxidation sites excluding steroid dienone is 2. The minimum Gasteiger partial charge on any atom is -0.303 e. The number of hydrogen-bond donors (Lipinski definition) is 0. The summed E-state index contributed by atoms with van der Waals surface area (Å²) in [5.74, 6) is 0. The first-order chi connectivity index (χ1) is 8.58. The van der Waals surface area contributed by atoms with Gasteiger partial charge in [0.25, 0.3) is 0 Å². The molecule has 1 heteroatoms. The number of carbonyl (C=O) groups is 1. The van der Waals surface area contributed by atoms with Crippen molar-refractivity contribution in [2.45, 2.75) is 46.5 Å². The van der Waals surface area contributed by atoms with Crippen LogP contribution >= 0.6 is 0 Å². The first kappa shape index (κ1) is 14.7. The first-order valence-electron chi connectivity index (χ1n) is 6.70. The van der Waals surface area contributed by atoms with Crippen LogP contribution in [0.2, 0.25) is 0 Å². The summed E-state index contributed by atoms with van der Waals surface area (Å²) in [6.07, 6.45) is 5.37. The zero-order chi connectivity index (χ0) is 13.4. The Morgan fingerprint density at radius 1 is 1.11 bits per heavy atom. The van der Waals surface area contributed by atoms with E-state index in [9.17, 15) is 4.79 Å². The van der Waals surface area contributed by atoms with Gasteiger partial charge < -0.3 is 4.79 Å². The van der Waals surface area contributed by atoms with Gasteiger partial charge in [0.1, 0.15) is 6.29 Å². The molecule has 0 saturated carbocycles. The van der Waals surface area contributed by atoms with Crippen molar-refractivity contribution in [3.8, 4) is 0 Å². The normalized spacial score (nSPS) is 17.7. The third-order valence-corrected chi connectivity index (χ3v) is 3.64. The quantitative estimate of drug-likeness (QED) is 0.540. The fourth-order valence-corrected chi connectivity index (χ4v) is 2.59. The van der Waals surface area contributed by atoms with Gasteiger partial charge in [0.05, 0.1) is 0 Å². The molecule has 0 bridgehead atoms. The van der Waals surface area contributed by atoms with Gasteiger partial charge in [-0.2, -0.15) is 0 Å². The molecular weight excluding hydrogens is 220 g/mol. The molecule has 0 atom stereocenters. The average Bonchev–Trinajstić information content (AvgIpc) is 2.37.